The molecular weight excluding hydrogens is 290 g/mol. The third-order valence-corrected chi connectivity index (χ3v) is 3.75. The lowest BCUT2D eigenvalue weighted by Gasteiger charge is -2.09. The van der Waals surface area contributed by atoms with Gasteiger partial charge in [0, 0.05) is 5.69 Å². The van der Waals surface area contributed by atoms with Crippen molar-refractivity contribution >= 4 is 27.3 Å². The SMILES string of the molecule is Nc1cccc(CC(=O)Nc2ccccc2S(N)(=O)=O)c1. The second-order valence-electron chi connectivity index (χ2n) is 4.51. The summed E-state index contributed by atoms with van der Waals surface area (Å²) in [6.45, 7) is 0. The van der Waals surface area contributed by atoms with E-state index < -0.39 is 10.0 Å². The van der Waals surface area contributed by atoms with E-state index in [1.54, 1.807) is 30.3 Å². The van der Waals surface area contributed by atoms with Gasteiger partial charge in [0.25, 0.3) is 0 Å². The molecule has 0 bridgehead atoms. The molecule has 5 N–H and O–H groups in total. The Labute approximate surface area is 122 Å². The Morgan fingerprint density at radius 2 is 1.81 bits per heavy atom. The van der Waals surface area contributed by atoms with Crippen LogP contribution in [0.4, 0.5) is 11.4 Å². The smallest absolute Gasteiger partial charge is 0.240 e. The van der Waals surface area contributed by atoms with E-state index in [1.165, 1.54) is 18.2 Å². The minimum atomic E-state index is -3.89. The Morgan fingerprint density at radius 3 is 2.48 bits per heavy atom. The van der Waals surface area contributed by atoms with Crippen molar-refractivity contribution in [3.8, 4) is 0 Å². The summed E-state index contributed by atoms with van der Waals surface area (Å²) >= 11 is 0. The summed E-state index contributed by atoms with van der Waals surface area (Å²) in [7, 11) is -3.89. The summed E-state index contributed by atoms with van der Waals surface area (Å²) in [5.74, 6) is -0.350. The van der Waals surface area contributed by atoms with E-state index in [9.17, 15) is 13.2 Å². The van der Waals surface area contributed by atoms with Crippen LogP contribution in [0.25, 0.3) is 0 Å². The lowest BCUT2D eigenvalue weighted by Crippen LogP contribution is -2.19. The van der Waals surface area contributed by atoms with Gasteiger partial charge < -0.3 is 11.1 Å². The molecule has 0 radical (unpaired) electrons. The van der Waals surface area contributed by atoms with Crippen LogP contribution < -0.4 is 16.2 Å². The van der Waals surface area contributed by atoms with Gasteiger partial charge in [-0.2, -0.15) is 0 Å². The average Bonchev–Trinajstić information content (AvgIpc) is 2.37. The van der Waals surface area contributed by atoms with Crippen molar-refractivity contribution in [2.75, 3.05) is 11.1 Å². The minimum Gasteiger partial charge on any atom is -0.399 e. The maximum Gasteiger partial charge on any atom is 0.240 e. The number of nitrogens with one attached hydrogen (secondary N) is 1. The van der Waals surface area contributed by atoms with Crippen molar-refractivity contribution in [1.82, 2.24) is 0 Å². The second kappa shape index (κ2) is 5.94. The molecular formula is C14H15N3O3S. The number of carbonyl (C=O) groups excluding carboxylic acids is 1. The normalized spacial score (nSPS) is 11.1. The van der Waals surface area contributed by atoms with Gasteiger partial charge in [-0.25, -0.2) is 13.6 Å². The standard InChI is InChI=1S/C14H15N3O3S/c15-11-5-3-4-10(8-11)9-14(18)17-12-6-1-2-7-13(12)21(16,19)20/h1-8H,9,15H2,(H,17,18)(H2,16,19,20). The van der Waals surface area contributed by atoms with E-state index in [4.69, 9.17) is 10.9 Å². The van der Waals surface area contributed by atoms with E-state index in [0.717, 1.165) is 5.56 Å². The average molecular weight is 305 g/mol. The highest BCUT2D eigenvalue weighted by Crippen LogP contribution is 2.19. The maximum atomic E-state index is 12.0. The minimum absolute atomic E-state index is 0.0873. The predicted molar refractivity (Wildman–Crippen MR) is 81.0 cm³/mol. The summed E-state index contributed by atoms with van der Waals surface area (Å²) in [5, 5.41) is 7.66. The molecule has 0 aromatic heterocycles. The summed E-state index contributed by atoms with van der Waals surface area (Å²) in [6, 6.07) is 12.9. The highest BCUT2D eigenvalue weighted by molar-refractivity contribution is 7.89. The molecule has 0 aliphatic heterocycles. The van der Waals surface area contributed by atoms with Crippen LogP contribution in [-0.2, 0) is 21.2 Å². The Kier molecular flexibility index (Phi) is 4.25. The maximum absolute atomic E-state index is 12.0. The van der Waals surface area contributed by atoms with Gasteiger partial charge in [0.05, 0.1) is 12.1 Å². The number of para-hydroxylation sites is 1. The molecule has 6 nitrogen and oxygen atoms in total. The number of rotatable bonds is 4. The van der Waals surface area contributed by atoms with Crippen LogP contribution in [0, 0.1) is 0 Å². The van der Waals surface area contributed by atoms with Gasteiger partial charge in [0.2, 0.25) is 15.9 Å². The zero-order valence-corrected chi connectivity index (χ0v) is 11.9. The molecule has 0 aliphatic carbocycles. The fourth-order valence-corrected chi connectivity index (χ4v) is 2.59. The van der Waals surface area contributed by atoms with Crippen molar-refractivity contribution in [2.24, 2.45) is 5.14 Å². The van der Waals surface area contributed by atoms with E-state index in [0.29, 0.717) is 5.69 Å². The summed E-state index contributed by atoms with van der Waals surface area (Å²) in [4.78, 5) is 11.9. The first-order chi connectivity index (χ1) is 9.86. The van der Waals surface area contributed by atoms with Crippen molar-refractivity contribution in [2.45, 2.75) is 11.3 Å². The lowest BCUT2D eigenvalue weighted by atomic mass is 10.1. The van der Waals surface area contributed by atoms with E-state index in [2.05, 4.69) is 5.32 Å². The van der Waals surface area contributed by atoms with Crippen LogP contribution in [-0.4, -0.2) is 14.3 Å². The second-order valence-corrected chi connectivity index (χ2v) is 6.04. The number of carbonyl (C=O) groups is 1. The molecule has 0 heterocycles. The Balaban J connectivity index is 2.17. The van der Waals surface area contributed by atoms with Gasteiger partial charge in [-0.15, -0.1) is 0 Å². The zero-order valence-electron chi connectivity index (χ0n) is 11.1. The number of hydrogen-bond donors (Lipinski definition) is 3. The lowest BCUT2D eigenvalue weighted by molar-refractivity contribution is -0.115. The highest BCUT2D eigenvalue weighted by atomic mass is 32.2. The van der Waals surface area contributed by atoms with Crippen LogP contribution in [0.2, 0.25) is 0 Å². The first-order valence-corrected chi connectivity index (χ1v) is 7.67. The number of anilines is 2. The molecule has 2 rings (SSSR count). The van der Waals surface area contributed by atoms with Crippen LogP contribution in [0.5, 0.6) is 0 Å². The topological polar surface area (TPSA) is 115 Å². The van der Waals surface area contributed by atoms with E-state index in [1.807, 2.05) is 0 Å². The quantitative estimate of drug-likeness (QED) is 0.733. The number of sulfonamides is 1. The fourth-order valence-electron chi connectivity index (χ4n) is 1.90. The van der Waals surface area contributed by atoms with Crippen molar-refractivity contribution in [3.63, 3.8) is 0 Å². The van der Waals surface area contributed by atoms with Crippen molar-refractivity contribution in [1.29, 1.82) is 0 Å². The Hall–Kier alpha value is -2.38. The number of amides is 1. The Morgan fingerprint density at radius 1 is 1.10 bits per heavy atom. The first kappa shape index (κ1) is 15.0. The molecule has 0 unspecified atom stereocenters. The molecule has 0 fully saturated rings. The predicted octanol–water partition coefficient (Wildman–Crippen LogP) is 1.10. The third-order valence-electron chi connectivity index (χ3n) is 2.78. The summed E-state index contributed by atoms with van der Waals surface area (Å²) in [5.41, 5.74) is 7.10. The largest absolute Gasteiger partial charge is 0.399 e. The van der Waals surface area contributed by atoms with Gasteiger partial charge in [0.1, 0.15) is 4.90 Å². The molecule has 0 aliphatic rings. The third kappa shape index (κ3) is 4.04. The molecule has 110 valence electrons. The van der Waals surface area contributed by atoms with Crippen LogP contribution in [0.15, 0.2) is 53.4 Å². The molecule has 0 saturated heterocycles. The molecule has 2 aromatic rings. The number of benzene rings is 2. The van der Waals surface area contributed by atoms with Gasteiger partial charge in [-0.05, 0) is 29.8 Å². The number of nitrogen functional groups attached to an aromatic ring is 1. The fraction of sp³-hybridized carbons (Fsp3) is 0.0714. The molecule has 0 atom stereocenters. The molecule has 21 heavy (non-hydrogen) atoms. The number of nitrogens with two attached hydrogens (primary N) is 2. The van der Waals surface area contributed by atoms with E-state index in [-0.39, 0.29) is 22.9 Å². The van der Waals surface area contributed by atoms with Gasteiger partial charge in [-0.3, -0.25) is 4.79 Å². The van der Waals surface area contributed by atoms with E-state index >= 15 is 0 Å². The molecule has 1 amide bonds. The van der Waals surface area contributed by atoms with Crippen molar-refractivity contribution in [3.05, 3.63) is 54.1 Å². The zero-order chi connectivity index (χ0) is 15.5. The van der Waals surface area contributed by atoms with Gasteiger partial charge in [-0.1, -0.05) is 24.3 Å². The first-order valence-electron chi connectivity index (χ1n) is 6.12. The monoisotopic (exact) mass is 305 g/mol. The summed E-state index contributed by atoms with van der Waals surface area (Å²) < 4.78 is 22.9. The molecule has 0 saturated carbocycles. The molecule has 0 spiro atoms. The molecule has 2 aromatic carbocycles. The van der Waals surface area contributed by atoms with Gasteiger partial charge in [0.15, 0.2) is 0 Å². The van der Waals surface area contributed by atoms with Crippen LogP contribution in [0.1, 0.15) is 5.56 Å². The number of hydrogen-bond acceptors (Lipinski definition) is 4. The number of primary sulfonamides is 1. The van der Waals surface area contributed by atoms with Crippen molar-refractivity contribution < 1.29 is 13.2 Å². The van der Waals surface area contributed by atoms with Crippen LogP contribution >= 0.6 is 0 Å². The summed E-state index contributed by atoms with van der Waals surface area (Å²) in [6.07, 6.45) is 0.0873. The molecule has 7 heteroatoms. The van der Waals surface area contributed by atoms with Gasteiger partial charge >= 0.3 is 0 Å². The highest BCUT2D eigenvalue weighted by Gasteiger charge is 2.15. The Bertz CT molecular complexity index is 773. The van der Waals surface area contributed by atoms with Crippen LogP contribution in [0.3, 0.4) is 0 Å².